The van der Waals surface area contributed by atoms with E-state index < -0.39 is 0 Å². The van der Waals surface area contributed by atoms with E-state index in [1.165, 1.54) is 0 Å². The highest BCUT2D eigenvalue weighted by atomic mass is 35.5. The molecule has 2 N–H and O–H groups in total. The molecule has 0 saturated carbocycles. The van der Waals surface area contributed by atoms with E-state index in [1.807, 2.05) is 0 Å². The summed E-state index contributed by atoms with van der Waals surface area (Å²) in [5.41, 5.74) is 5.22. The number of rotatable bonds is 0. The Balaban J connectivity index is 0.000000640. The van der Waals surface area contributed by atoms with Gasteiger partial charge in [0.25, 0.3) is 5.91 Å². The fraction of sp³-hybridized carbons (Fsp3) is 0.500. The molecule has 0 bridgehead atoms. The Morgan fingerprint density at radius 3 is 2.44 bits per heavy atom. The first-order valence-corrected chi connectivity index (χ1v) is 2.28. The summed E-state index contributed by atoms with van der Waals surface area (Å²) in [5.74, 6) is 0.153. The molecule has 52 valence electrons. The Morgan fingerprint density at radius 2 is 2.33 bits per heavy atom. The van der Waals surface area contributed by atoms with Gasteiger partial charge in [0.1, 0.15) is 6.54 Å². The molecular formula is C4H7ClN3O-. The standard InChI is InChI=1S/C4H7N3O.ClH/c1-7-2-3(8)6-4(7)5;/h2H2,1H3,(H2,5,6,8);1H/p-1. The maximum atomic E-state index is 10.4. The van der Waals surface area contributed by atoms with Crippen molar-refractivity contribution < 1.29 is 17.2 Å². The van der Waals surface area contributed by atoms with Crippen LogP contribution in [-0.2, 0) is 4.79 Å². The van der Waals surface area contributed by atoms with Crippen molar-refractivity contribution in [1.82, 2.24) is 4.90 Å². The third-order valence-corrected chi connectivity index (χ3v) is 1.00. The van der Waals surface area contributed by atoms with Crippen molar-refractivity contribution in [1.29, 1.82) is 0 Å². The molecule has 0 aromatic heterocycles. The normalized spacial score (nSPS) is 17.2. The van der Waals surface area contributed by atoms with Crippen molar-refractivity contribution in [2.24, 2.45) is 10.7 Å². The van der Waals surface area contributed by atoms with E-state index in [0.29, 0.717) is 12.5 Å². The minimum Gasteiger partial charge on any atom is -1.00 e. The van der Waals surface area contributed by atoms with Crippen LogP contribution in [0.4, 0.5) is 0 Å². The number of halogens is 1. The van der Waals surface area contributed by atoms with Crippen molar-refractivity contribution in [2.45, 2.75) is 0 Å². The quantitative estimate of drug-likeness (QED) is 0.379. The Kier molecular flexibility index (Phi) is 2.45. The molecule has 5 heteroatoms. The summed E-state index contributed by atoms with van der Waals surface area (Å²) in [6, 6.07) is 0. The van der Waals surface area contributed by atoms with E-state index >= 15 is 0 Å². The van der Waals surface area contributed by atoms with Gasteiger partial charge < -0.3 is 23.0 Å². The maximum Gasteiger partial charge on any atom is 0.268 e. The zero-order chi connectivity index (χ0) is 6.15. The number of likely N-dealkylation sites (N-methyl/N-ethyl adjacent to an activating group) is 1. The highest BCUT2D eigenvalue weighted by Gasteiger charge is 2.15. The van der Waals surface area contributed by atoms with Gasteiger partial charge in [-0.1, -0.05) is 0 Å². The number of carbonyl (C=O) groups is 1. The molecule has 0 atom stereocenters. The van der Waals surface area contributed by atoms with Gasteiger partial charge in [-0.05, 0) is 0 Å². The van der Waals surface area contributed by atoms with Crippen LogP contribution in [0.25, 0.3) is 0 Å². The number of amides is 1. The number of nitrogens with zero attached hydrogens (tertiary/aromatic N) is 2. The molecule has 9 heavy (non-hydrogen) atoms. The summed E-state index contributed by atoms with van der Waals surface area (Å²) in [6.45, 7) is 0.325. The summed E-state index contributed by atoms with van der Waals surface area (Å²) in [5, 5.41) is 0. The van der Waals surface area contributed by atoms with Crippen LogP contribution in [0.2, 0.25) is 0 Å². The Bertz CT molecular complexity index is 156. The van der Waals surface area contributed by atoms with Crippen molar-refractivity contribution >= 4 is 11.9 Å². The van der Waals surface area contributed by atoms with Crippen LogP contribution in [0.15, 0.2) is 4.99 Å². The first-order chi connectivity index (χ1) is 3.70. The molecule has 0 aromatic rings. The summed E-state index contributed by atoms with van der Waals surface area (Å²) in [7, 11) is 1.73. The summed E-state index contributed by atoms with van der Waals surface area (Å²) < 4.78 is 0. The molecule has 1 amide bonds. The highest BCUT2D eigenvalue weighted by Crippen LogP contribution is 1.92. The lowest BCUT2D eigenvalue weighted by atomic mass is 10.6. The summed E-state index contributed by atoms with van der Waals surface area (Å²) in [6.07, 6.45) is 0. The van der Waals surface area contributed by atoms with Crippen LogP contribution < -0.4 is 18.1 Å². The SMILES string of the molecule is CN1CC(=O)N=C1N.[Cl-]. The zero-order valence-electron chi connectivity index (χ0n) is 4.97. The topological polar surface area (TPSA) is 58.7 Å². The van der Waals surface area contributed by atoms with Crippen LogP contribution in [0.1, 0.15) is 0 Å². The lowest BCUT2D eigenvalue weighted by Crippen LogP contribution is -3.00. The molecule has 0 spiro atoms. The number of guanidine groups is 1. The van der Waals surface area contributed by atoms with Gasteiger partial charge in [0, 0.05) is 7.05 Å². The summed E-state index contributed by atoms with van der Waals surface area (Å²) in [4.78, 5) is 15.4. The van der Waals surface area contributed by atoms with Crippen molar-refractivity contribution in [3.63, 3.8) is 0 Å². The number of carbonyl (C=O) groups excluding carboxylic acids is 1. The van der Waals surface area contributed by atoms with Crippen molar-refractivity contribution in [3.05, 3.63) is 0 Å². The van der Waals surface area contributed by atoms with Gasteiger partial charge in [-0.2, -0.15) is 4.99 Å². The van der Waals surface area contributed by atoms with E-state index in [1.54, 1.807) is 11.9 Å². The van der Waals surface area contributed by atoms with Crippen LogP contribution in [-0.4, -0.2) is 30.4 Å². The average Bonchev–Trinajstić information content (AvgIpc) is 1.85. The van der Waals surface area contributed by atoms with Crippen molar-refractivity contribution in [3.8, 4) is 0 Å². The molecule has 1 aliphatic rings. The molecule has 0 aliphatic carbocycles. The molecular weight excluding hydrogens is 142 g/mol. The van der Waals surface area contributed by atoms with Gasteiger partial charge in [0.15, 0.2) is 5.96 Å². The lowest BCUT2D eigenvalue weighted by molar-refractivity contribution is -0.116. The molecule has 0 radical (unpaired) electrons. The van der Waals surface area contributed by atoms with E-state index in [0.717, 1.165) is 0 Å². The Hall–Kier alpha value is -0.770. The predicted molar refractivity (Wildman–Crippen MR) is 29.3 cm³/mol. The first kappa shape index (κ1) is 8.23. The molecule has 1 heterocycles. The fourth-order valence-electron chi connectivity index (χ4n) is 0.532. The van der Waals surface area contributed by atoms with Gasteiger partial charge in [0.2, 0.25) is 0 Å². The summed E-state index contributed by atoms with van der Waals surface area (Å²) >= 11 is 0. The molecule has 0 unspecified atom stereocenters. The molecule has 1 aliphatic heterocycles. The fourth-order valence-corrected chi connectivity index (χ4v) is 0.532. The minimum absolute atomic E-state index is 0. The first-order valence-electron chi connectivity index (χ1n) is 2.28. The third-order valence-electron chi connectivity index (χ3n) is 1.00. The van der Waals surface area contributed by atoms with Crippen LogP contribution in [0.3, 0.4) is 0 Å². The van der Waals surface area contributed by atoms with E-state index in [4.69, 9.17) is 5.73 Å². The minimum atomic E-state index is -0.162. The smallest absolute Gasteiger partial charge is 0.268 e. The predicted octanol–water partition coefficient (Wildman–Crippen LogP) is -4.22. The van der Waals surface area contributed by atoms with E-state index in [9.17, 15) is 4.79 Å². The third kappa shape index (κ3) is 1.57. The molecule has 4 nitrogen and oxygen atoms in total. The molecule has 1 rings (SSSR count). The number of hydrogen-bond donors (Lipinski definition) is 1. The second-order valence-corrected chi connectivity index (χ2v) is 1.72. The monoisotopic (exact) mass is 148 g/mol. The molecule has 0 saturated heterocycles. The van der Waals surface area contributed by atoms with Gasteiger partial charge in [0.05, 0.1) is 0 Å². The zero-order valence-corrected chi connectivity index (χ0v) is 5.72. The largest absolute Gasteiger partial charge is 1.00 e. The van der Waals surface area contributed by atoms with Gasteiger partial charge in [-0.15, -0.1) is 0 Å². The van der Waals surface area contributed by atoms with E-state index in [2.05, 4.69) is 4.99 Å². The van der Waals surface area contributed by atoms with Gasteiger partial charge in [-0.25, -0.2) is 0 Å². The van der Waals surface area contributed by atoms with Crippen LogP contribution >= 0.6 is 0 Å². The highest BCUT2D eigenvalue weighted by molar-refractivity contribution is 5.99. The number of nitrogens with two attached hydrogens (primary N) is 1. The number of hydrogen-bond acceptors (Lipinski definition) is 3. The number of aliphatic imine (C=N–C) groups is 1. The second kappa shape index (κ2) is 2.68. The Morgan fingerprint density at radius 1 is 1.78 bits per heavy atom. The van der Waals surface area contributed by atoms with Crippen LogP contribution in [0, 0.1) is 0 Å². The average molecular weight is 149 g/mol. The molecule has 0 aromatic carbocycles. The van der Waals surface area contributed by atoms with Crippen LogP contribution in [0.5, 0.6) is 0 Å². The van der Waals surface area contributed by atoms with Gasteiger partial charge in [-0.3, -0.25) is 4.79 Å². The van der Waals surface area contributed by atoms with E-state index in [-0.39, 0.29) is 18.3 Å². The molecule has 0 fully saturated rings. The second-order valence-electron chi connectivity index (χ2n) is 1.72. The lowest BCUT2D eigenvalue weighted by Gasteiger charge is -2.05. The maximum absolute atomic E-state index is 10.4. The van der Waals surface area contributed by atoms with Gasteiger partial charge >= 0.3 is 0 Å². The van der Waals surface area contributed by atoms with Crippen molar-refractivity contribution in [2.75, 3.05) is 13.6 Å². The Labute approximate surface area is 59.1 Å².